The van der Waals surface area contributed by atoms with E-state index in [4.69, 9.17) is 20.7 Å². The first-order chi connectivity index (χ1) is 22.3. The first kappa shape index (κ1) is 32.5. The van der Waals surface area contributed by atoms with Gasteiger partial charge in [0.2, 0.25) is 0 Å². The number of pyridine rings is 1. The Morgan fingerprint density at radius 3 is 2.55 bits per heavy atom. The van der Waals surface area contributed by atoms with Crippen molar-refractivity contribution in [1.82, 2.24) is 29.4 Å². The molecule has 0 spiro atoms. The van der Waals surface area contributed by atoms with Crippen molar-refractivity contribution in [3.8, 4) is 28.1 Å². The summed E-state index contributed by atoms with van der Waals surface area (Å²) < 4.78 is 64.3. The van der Waals surface area contributed by atoms with Gasteiger partial charge >= 0.3 is 5.76 Å². The Kier molecular flexibility index (Phi) is 8.74. The highest BCUT2D eigenvalue weighted by Crippen LogP contribution is 2.41. The summed E-state index contributed by atoms with van der Waals surface area (Å²) in [7, 11) is 1.29. The first-order valence-corrected chi connectivity index (χ1v) is 16.4. The molecule has 14 heteroatoms. The number of nitrogens with zero attached hydrogens (tertiary/aromatic N) is 6. The smallest absolute Gasteiger partial charge is 0.330 e. The molecule has 2 aromatic carbocycles. The maximum Gasteiger partial charge on any atom is 0.330 e. The van der Waals surface area contributed by atoms with E-state index in [1.54, 1.807) is 42.1 Å². The Bertz CT molecular complexity index is 1940. The third-order valence-corrected chi connectivity index (χ3v) is 9.76. The number of likely N-dealkylation sites (tertiary alicyclic amines) is 1. The Morgan fingerprint density at radius 1 is 1.11 bits per heavy atom. The number of halogens is 3. The second-order valence-electron chi connectivity index (χ2n) is 12.5. The van der Waals surface area contributed by atoms with Gasteiger partial charge in [0.15, 0.2) is 11.0 Å². The molecule has 1 saturated heterocycles. The second-order valence-corrected chi connectivity index (χ2v) is 13.7. The lowest BCUT2D eigenvalue weighted by Gasteiger charge is -2.43. The quantitative estimate of drug-likeness (QED) is 0.180. The number of anilines is 2. The van der Waals surface area contributed by atoms with Crippen molar-refractivity contribution < 1.29 is 22.1 Å². The van der Waals surface area contributed by atoms with Crippen molar-refractivity contribution in [3.63, 3.8) is 0 Å². The molecule has 0 bridgehead atoms. The average molecular weight is 667 g/mol. The van der Waals surface area contributed by atoms with Crippen LogP contribution >= 0.6 is 0 Å². The van der Waals surface area contributed by atoms with Gasteiger partial charge in [-0.3, -0.25) is 14.1 Å². The van der Waals surface area contributed by atoms with Crippen LogP contribution in [0.2, 0.25) is 0 Å². The summed E-state index contributed by atoms with van der Waals surface area (Å²) in [5.74, 6) is -3.10. The van der Waals surface area contributed by atoms with Gasteiger partial charge in [0.1, 0.15) is 29.2 Å². The molecule has 3 unspecified atom stereocenters. The maximum absolute atomic E-state index is 13.5. The van der Waals surface area contributed by atoms with E-state index in [2.05, 4.69) is 35.5 Å². The minimum absolute atomic E-state index is 0.0565. The SMILES string of the molecule is CC(Oc1cc(-c2nn(C)c3c(-c4cnn(C5CCN(C)C(C)(C)C5)c4)cnc(N)c23)ccc1NS(=O)C(F)F)c1ccc(F)cc1. The predicted octanol–water partition coefficient (Wildman–Crippen LogP) is 6.70. The van der Waals surface area contributed by atoms with Crippen LogP contribution in [0.15, 0.2) is 61.1 Å². The molecule has 10 nitrogen and oxygen atoms in total. The number of rotatable bonds is 9. The molecule has 0 amide bonds. The molecule has 3 atom stereocenters. The highest BCUT2D eigenvalue weighted by atomic mass is 32.2. The zero-order chi connectivity index (χ0) is 33.6. The van der Waals surface area contributed by atoms with Crippen LogP contribution in [0.4, 0.5) is 24.7 Å². The maximum atomic E-state index is 13.5. The molecule has 1 fully saturated rings. The third kappa shape index (κ3) is 6.44. The molecular weight excluding hydrogens is 629 g/mol. The van der Waals surface area contributed by atoms with Crippen molar-refractivity contribution in [1.29, 1.82) is 0 Å². The number of nitrogens with two attached hydrogens (primary N) is 1. The Labute approximate surface area is 273 Å². The van der Waals surface area contributed by atoms with Crippen LogP contribution in [0.25, 0.3) is 33.3 Å². The molecular formula is C33H37F3N8O2S. The Balaban J connectivity index is 1.39. The van der Waals surface area contributed by atoms with Gasteiger partial charge in [-0.25, -0.2) is 13.6 Å². The lowest BCUT2D eigenvalue weighted by atomic mass is 9.87. The van der Waals surface area contributed by atoms with E-state index in [0.717, 1.165) is 36.0 Å². The van der Waals surface area contributed by atoms with Crippen LogP contribution in [0.5, 0.6) is 5.75 Å². The number of piperidine rings is 1. The fraction of sp³-hybridized carbons (Fsp3) is 0.364. The molecule has 1 aliphatic rings. The first-order valence-electron chi connectivity index (χ1n) is 15.2. The normalized spacial score (nSPS) is 18.0. The number of alkyl halides is 2. The molecule has 47 heavy (non-hydrogen) atoms. The minimum atomic E-state index is -3.11. The Morgan fingerprint density at radius 2 is 1.85 bits per heavy atom. The number of nitrogens with one attached hydrogen (secondary N) is 1. The van der Waals surface area contributed by atoms with Crippen molar-refractivity contribution in [2.75, 3.05) is 24.0 Å². The van der Waals surface area contributed by atoms with Gasteiger partial charge in [-0.05, 0) is 70.5 Å². The van der Waals surface area contributed by atoms with E-state index < -0.39 is 28.7 Å². The average Bonchev–Trinajstić information content (AvgIpc) is 3.66. The summed E-state index contributed by atoms with van der Waals surface area (Å²) in [6.07, 6.45) is 6.95. The minimum Gasteiger partial charge on any atom is -0.484 e. The van der Waals surface area contributed by atoms with Crippen molar-refractivity contribution in [3.05, 3.63) is 72.4 Å². The molecule has 5 aromatic rings. The van der Waals surface area contributed by atoms with Crippen LogP contribution < -0.4 is 15.2 Å². The second kappa shape index (κ2) is 12.6. The van der Waals surface area contributed by atoms with Crippen molar-refractivity contribution in [2.45, 2.75) is 57.1 Å². The molecule has 0 aliphatic carbocycles. The molecule has 3 aromatic heterocycles. The van der Waals surface area contributed by atoms with Gasteiger partial charge in [-0.15, -0.1) is 0 Å². The van der Waals surface area contributed by atoms with Crippen molar-refractivity contribution >= 4 is 33.4 Å². The number of hydrogen-bond acceptors (Lipinski definition) is 7. The summed E-state index contributed by atoms with van der Waals surface area (Å²) in [5.41, 5.74) is 10.8. The van der Waals surface area contributed by atoms with Gasteiger partial charge < -0.3 is 15.4 Å². The monoisotopic (exact) mass is 666 g/mol. The lowest BCUT2D eigenvalue weighted by Crippen LogP contribution is -2.47. The fourth-order valence-electron chi connectivity index (χ4n) is 6.13. The summed E-state index contributed by atoms with van der Waals surface area (Å²) in [5, 5.41) is 10.1. The fourth-order valence-corrected chi connectivity index (χ4v) is 6.60. The highest BCUT2D eigenvalue weighted by Gasteiger charge is 2.33. The zero-order valence-electron chi connectivity index (χ0n) is 26.7. The molecule has 4 heterocycles. The van der Waals surface area contributed by atoms with Crippen LogP contribution in [-0.2, 0) is 18.0 Å². The lowest BCUT2D eigenvalue weighted by molar-refractivity contribution is 0.0719. The van der Waals surface area contributed by atoms with E-state index in [0.29, 0.717) is 22.2 Å². The van der Waals surface area contributed by atoms with Crippen molar-refractivity contribution in [2.24, 2.45) is 7.05 Å². The Hall–Kier alpha value is -4.43. The zero-order valence-corrected chi connectivity index (χ0v) is 27.6. The van der Waals surface area contributed by atoms with Crippen LogP contribution in [0.3, 0.4) is 0 Å². The van der Waals surface area contributed by atoms with Gasteiger partial charge in [0, 0.05) is 48.2 Å². The predicted molar refractivity (Wildman–Crippen MR) is 178 cm³/mol. The summed E-state index contributed by atoms with van der Waals surface area (Å²) >= 11 is 0. The topological polar surface area (TPSA) is 116 Å². The molecule has 1 aliphatic heterocycles. The molecule has 0 saturated carbocycles. The molecule has 248 valence electrons. The number of aromatic nitrogens is 5. The summed E-state index contributed by atoms with van der Waals surface area (Å²) in [6.45, 7) is 7.21. The van der Waals surface area contributed by atoms with E-state index >= 15 is 0 Å². The van der Waals surface area contributed by atoms with Crippen LogP contribution in [0.1, 0.15) is 51.3 Å². The largest absolute Gasteiger partial charge is 0.484 e. The number of ether oxygens (including phenoxy) is 1. The number of benzene rings is 2. The highest BCUT2D eigenvalue weighted by molar-refractivity contribution is 7.86. The standard InChI is InChI=1S/C33H37F3N8O2S/c1-19(20-6-9-23(34)10-7-20)46-27-14-21(8-11-26(27)41-47(45)32(35)36)29-28-30(43(5)40-29)25(17-38-31(28)37)22-16-39-44(18-22)24-12-13-42(4)33(2,3)15-24/h6-11,14,16-19,24,32,41H,12-13,15H2,1-5H3,(H2,37,38). The summed E-state index contributed by atoms with van der Waals surface area (Å²) in [4.78, 5) is 6.89. The third-order valence-electron chi connectivity index (χ3n) is 9.01. The van der Waals surface area contributed by atoms with Crippen LogP contribution in [-0.4, -0.2) is 58.5 Å². The number of hydrogen-bond donors (Lipinski definition) is 2. The van der Waals surface area contributed by atoms with Gasteiger partial charge in [-0.1, -0.05) is 18.2 Å². The van der Waals surface area contributed by atoms with Gasteiger partial charge in [0.25, 0.3) is 0 Å². The number of fused-ring (bicyclic) bond motifs is 1. The number of aryl methyl sites for hydroxylation is 1. The van der Waals surface area contributed by atoms with Gasteiger partial charge in [0.05, 0.1) is 28.8 Å². The van der Waals surface area contributed by atoms with Gasteiger partial charge in [-0.2, -0.15) is 19.0 Å². The van der Waals surface area contributed by atoms with E-state index in [1.807, 2.05) is 24.1 Å². The van der Waals surface area contributed by atoms with Crippen LogP contribution in [0, 0.1) is 5.82 Å². The molecule has 6 rings (SSSR count). The molecule has 0 radical (unpaired) electrons. The molecule has 3 N–H and O–H groups in total. The van der Waals surface area contributed by atoms with E-state index in [1.165, 1.54) is 18.2 Å². The number of nitrogen functional groups attached to an aromatic ring is 1. The van der Waals surface area contributed by atoms with E-state index in [9.17, 15) is 17.4 Å². The van der Waals surface area contributed by atoms with E-state index in [-0.39, 0.29) is 28.8 Å². The summed E-state index contributed by atoms with van der Waals surface area (Å²) in [6, 6.07) is 10.8.